The summed E-state index contributed by atoms with van der Waals surface area (Å²) in [5, 5.41) is 13.3. The summed E-state index contributed by atoms with van der Waals surface area (Å²) in [6.45, 7) is 5.51. The van der Waals surface area contributed by atoms with Gasteiger partial charge in [0, 0.05) is 31.2 Å². The molecule has 2 N–H and O–H groups in total. The van der Waals surface area contributed by atoms with Crippen molar-refractivity contribution in [2.24, 2.45) is 11.8 Å². The molecular weight excluding hydrogens is 255 g/mol. The Morgan fingerprint density at radius 1 is 1.35 bits per heavy atom. The molecular formula is C16H23FN2O. The molecule has 3 rings (SSSR count). The number of aliphatic hydroxyl groups is 1. The van der Waals surface area contributed by atoms with E-state index < -0.39 is 0 Å². The highest BCUT2D eigenvalue weighted by Gasteiger charge is 2.42. The molecule has 20 heavy (non-hydrogen) atoms. The van der Waals surface area contributed by atoms with Gasteiger partial charge in [0.15, 0.2) is 0 Å². The van der Waals surface area contributed by atoms with Crippen molar-refractivity contribution in [2.75, 3.05) is 24.5 Å². The standard InChI is InChI=1S/C16H23FN2O/c1-2-18-8-12-7-13(17)4-5-15(12)19-9-11-3-6-16(20)14(11)10-19/h4-5,7,11,14,16,18,20H,2-3,6,8-10H2,1H3. The van der Waals surface area contributed by atoms with Crippen LogP contribution in [-0.4, -0.2) is 30.8 Å². The number of fused-ring (bicyclic) bond motifs is 1. The maximum absolute atomic E-state index is 13.5. The minimum Gasteiger partial charge on any atom is -0.393 e. The van der Waals surface area contributed by atoms with Gasteiger partial charge in [0.1, 0.15) is 5.82 Å². The first-order valence-corrected chi connectivity index (χ1v) is 7.61. The zero-order valence-electron chi connectivity index (χ0n) is 12.0. The normalized spacial score (nSPS) is 28.9. The van der Waals surface area contributed by atoms with Crippen molar-refractivity contribution in [3.8, 4) is 0 Å². The molecule has 4 heteroatoms. The van der Waals surface area contributed by atoms with Crippen LogP contribution in [0.15, 0.2) is 18.2 Å². The minimum absolute atomic E-state index is 0.150. The molecule has 1 aliphatic carbocycles. The SMILES string of the molecule is CCNCc1cc(F)ccc1N1CC2CCC(O)C2C1. The molecule has 1 saturated heterocycles. The quantitative estimate of drug-likeness (QED) is 0.886. The first kappa shape index (κ1) is 13.8. The van der Waals surface area contributed by atoms with E-state index in [1.807, 2.05) is 6.07 Å². The fraction of sp³-hybridized carbons (Fsp3) is 0.625. The second kappa shape index (κ2) is 5.70. The number of aliphatic hydroxyl groups excluding tert-OH is 1. The van der Waals surface area contributed by atoms with Crippen LogP contribution in [0, 0.1) is 17.7 Å². The van der Waals surface area contributed by atoms with Gasteiger partial charge in [-0.15, -0.1) is 0 Å². The van der Waals surface area contributed by atoms with E-state index in [1.165, 1.54) is 6.07 Å². The average molecular weight is 278 g/mol. The van der Waals surface area contributed by atoms with Crippen LogP contribution >= 0.6 is 0 Å². The largest absolute Gasteiger partial charge is 0.393 e. The molecule has 0 radical (unpaired) electrons. The monoisotopic (exact) mass is 278 g/mol. The molecule has 0 amide bonds. The first-order chi connectivity index (χ1) is 9.69. The maximum Gasteiger partial charge on any atom is 0.123 e. The molecule has 3 nitrogen and oxygen atoms in total. The van der Waals surface area contributed by atoms with Gasteiger partial charge in [-0.3, -0.25) is 0 Å². The van der Waals surface area contributed by atoms with Crippen LogP contribution in [0.2, 0.25) is 0 Å². The summed E-state index contributed by atoms with van der Waals surface area (Å²) in [5.74, 6) is 0.815. The summed E-state index contributed by atoms with van der Waals surface area (Å²) in [6, 6.07) is 5.05. The molecule has 2 aliphatic rings. The van der Waals surface area contributed by atoms with E-state index in [2.05, 4.69) is 17.1 Å². The smallest absolute Gasteiger partial charge is 0.123 e. The summed E-state index contributed by atoms with van der Waals surface area (Å²) >= 11 is 0. The third-order valence-electron chi connectivity index (χ3n) is 4.77. The molecule has 1 aromatic rings. The Morgan fingerprint density at radius 2 is 2.20 bits per heavy atom. The number of nitrogens with one attached hydrogen (secondary N) is 1. The zero-order chi connectivity index (χ0) is 14.1. The van der Waals surface area contributed by atoms with Crippen LogP contribution in [0.25, 0.3) is 0 Å². The van der Waals surface area contributed by atoms with Gasteiger partial charge in [-0.05, 0) is 49.1 Å². The number of hydrogen-bond donors (Lipinski definition) is 2. The summed E-state index contributed by atoms with van der Waals surface area (Å²) < 4.78 is 13.5. The van der Waals surface area contributed by atoms with Gasteiger partial charge >= 0.3 is 0 Å². The maximum atomic E-state index is 13.5. The predicted octanol–water partition coefficient (Wildman–Crippen LogP) is 2.14. The molecule has 110 valence electrons. The summed E-state index contributed by atoms with van der Waals surface area (Å²) in [5.41, 5.74) is 2.13. The predicted molar refractivity (Wildman–Crippen MR) is 78.2 cm³/mol. The van der Waals surface area contributed by atoms with E-state index >= 15 is 0 Å². The molecule has 0 spiro atoms. The number of hydrogen-bond acceptors (Lipinski definition) is 3. The number of anilines is 1. The molecule has 1 saturated carbocycles. The zero-order valence-corrected chi connectivity index (χ0v) is 12.0. The molecule has 3 unspecified atom stereocenters. The lowest BCUT2D eigenvalue weighted by Gasteiger charge is -2.24. The Bertz CT molecular complexity index is 480. The van der Waals surface area contributed by atoms with Crippen molar-refractivity contribution in [3.63, 3.8) is 0 Å². The molecule has 0 bridgehead atoms. The Morgan fingerprint density at radius 3 is 2.95 bits per heavy atom. The van der Waals surface area contributed by atoms with Crippen molar-refractivity contribution in [1.82, 2.24) is 5.32 Å². The first-order valence-electron chi connectivity index (χ1n) is 7.61. The molecule has 2 fully saturated rings. The van der Waals surface area contributed by atoms with Crippen molar-refractivity contribution in [2.45, 2.75) is 32.4 Å². The molecule has 1 aliphatic heterocycles. The highest BCUT2D eigenvalue weighted by molar-refractivity contribution is 5.55. The van der Waals surface area contributed by atoms with Crippen LogP contribution < -0.4 is 10.2 Å². The summed E-state index contributed by atoms with van der Waals surface area (Å²) in [7, 11) is 0. The van der Waals surface area contributed by atoms with Gasteiger partial charge in [0.2, 0.25) is 0 Å². The molecule has 1 aromatic carbocycles. The number of nitrogens with zero attached hydrogens (tertiary/aromatic N) is 1. The minimum atomic E-state index is -0.180. The molecule has 3 atom stereocenters. The van der Waals surface area contributed by atoms with E-state index in [9.17, 15) is 9.50 Å². The van der Waals surface area contributed by atoms with Crippen LogP contribution in [0.5, 0.6) is 0 Å². The third-order valence-corrected chi connectivity index (χ3v) is 4.77. The van der Waals surface area contributed by atoms with Crippen molar-refractivity contribution < 1.29 is 9.50 Å². The van der Waals surface area contributed by atoms with E-state index in [4.69, 9.17) is 0 Å². The summed E-state index contributed by atoms with van der Waals surface area (Å²) in [4.78, 5) is 2.32. The van der Waals surface area contributed by atoms with Crippen molar-refractivity contribution in [3.05, 3.63) is 29.6 Å². The number of halogens is 1. The van der Waals surface area contributed by atoms with E-state index in [-0.39, 0.29) is 11.9 Å². The number of benzene rings is 1. The van der Waals surface area contributed by atoms with Gasteiger partial charge in [-0.25, -0.2) is 4.39 Å². The lowest BCUT2D eigenvalue weighted by Crippen LogP contribution is -2.26. The van der Waals surface area contributed by atoms with Gasteiger partial charge in [-0.2, -0.15) is 0 Å². The van der Waals surface area contributed by atoms with Crippen LogP contribution in [0.1, 0.15) is 25.3 Å². The van der Waals surface area contributed by atoms with Gasteiger partial charge in [0.25, 0.3) is 0 Å². The van der Waals surface area contributed by atoms with Crippen LogP contribution in [0.4, 0.5) is 10.1 Å². The molecule has 1 heterocycles. The van der Waals surface area contributed by atoms with Gasteiger partial charge in [0.05, 0.1) is 6.10 Å². The van der Waals surface area contributed by atoms with Crippen LogP contribution in [-0.2, 0) is 6.54 Å². The topological polar surface area (TPSA) is 35.5 Å². The Kier molecular flexibility index (Phi) is 3.94. The number of rotatable bonds is 4. The van der Waals surface area contributed by atoms with E-state index in [0.717, 1.165) is 43.7 Å². The highest BCUT2D eigenvalue weighted by atomic mass is 19.1. The lowest BCUT2D eigenvalue weighted by molar-refractivity contribution is 0.133. The van der Waals surface area contributed by atoms with Gasteiger partial charge < -0.3 is 15.3 Å². The second-order valence-electron chi connectivity index (χ2n) is 6.03. The Labute approximate surface area is 119 Å². The second-order valence-corrected chi connectivity index (χ2v) is 6.03. The Balaban J connectivity index is 1.80. The Hall–Kier alpha value is -1.13. The average Bonchev–Trinajstić information content (AvgIpc) is 2.99. The molecule has 0 aromatic heterocycles. The fourth-order valence-corrected chi connectivity index (χ4v) is 3.70. The van der Waals surface area contributed by atoms with Gasteiger partial charge in [-0.1, -0.05) is 6.92 Å². The third kappa shape index (κ3) is 2.54. The fourth-order valence-electron chi connectivity index (χ4n) is 3.70. The lowest BCUT2D eigenvalue weighted by atomic mass is 10.00. The highest BCUT2D eigenvalue weighted by Crippen LogP contribution is 2.40. The van der Waals surface area contributed by atoms with Crippen LogP contribution in [0.3, 0.4) is 0 Å². The van der Waals surface area contributed by atoms with E-state index in [1.54, 1.807) is 6.07 Å². The van der Waals surface area contributed by atoms with Crippen molar-refractivity contribution >= 4 is 5.69 Å². The van der Waals surface area contributed by atoms with Crippen molar-refractivity contribution in [1.29, 1.82) is 0 Å². The van der Waals surface area contributed by atoms with E-state index in [0.29, 0.717) is 18.4 Å². The summed E-state index contributed by atoms with van der Waals surface area (Å²) in [6.07, 6.45) is 1.91.